The largest absolute Gasteiger partial charge is 0.461 e. The molecule has 84 valence electrons. The zero-order chi connectivity index (χ0) is 11.3. The average Bonchev–Trinajstić information content (AvgIpc) is 2.64. The maximum absolute atomic E-state index is 11.6. The van der Waals surface area contributed by atoms with Crippen LogP contribution in [0.1, 0.15) is 34.6 Å². The fraction of sp³-hybridized carbons (Fsp3) is 0.500. The first kappa shape index (κ1) is 9.63. The van der Waals surface area contributed by atoms with Gasteiger partial charge < -0.3 is 4.74 Å². The fourth-order valence-corrected chi connectivity index (χ4v) is 2.86. The van der Waals surface area contributed by atoms with Crippen molar-refractivity contribution in [3.8, 4) is 0 Å². The Kier molecular flexibility index (Phi) is 1.93. The lowest BCUT2D eigenvalue weighted by atomic mass is 10.1. The zero-order valence-corrected chi connectivity index (χ0v) is 9.19. The van der Waals surface area contributed by atoms with E-state index in [1.165, 1.54) is 0 Å². The number of carbonyl (C=O) groups is 1. The summed E-state index contributed by atoms with van der Waals surface area (Å²) in [5.41, 5.74) is 2.66. The maximum Gasteiger partial charge on any atom is 0.359 e. The summed E-state index contributed by atoms with van der Waals surface area (Å²) in [6, 6.07) is 0. The van der Waals surface area contributed by atoms with Gasteiger partial charge in [-0.3, -0.25) is 5.10 Å². The van der Waals surface area contributed by atoms with Gasteiger partial charge in [0.25, 0.3) is 0 Å². The van der Waals surface area contributed by atoms with Crippen molar-refractivity contribution in [1.82, 2.24) is 10.2 Å². The SMILES string of the molecule is C=CC1[C@@H]2Cc3c(C(=O)OCC)n[nH]c3[C@@H]12. The molecule has 0 saturated heterocycles. The molecule has 0 spiro atoms. The Labute approximate surface area is 93.7 Å². The van der Waals surface area contributed by atoms with Crippen molar-refractivity contribution in [2.24, 2.45) is 11.8 Å². The van der Waals surface area contributed by atoms with Crippen LogP contribution in [-0.4, -0.2) is 22.8 Å². The highest BCUT2D eigenvalue weighted by Crippen LogP contribution is 2.61. The predicted molar refractivity (Wildman–Crippen MR) is 58.2 cm³/mol. The highest BCUT2D eigenvalue weighted by molar-refractivity contribution is 5.89. The summed E-state index contributed by atoms with van der Waals surface area (Å²) in [4.78, 5) is 11.6. The maximum atomic E-state index is 11.6. The quantitative estimate of drug-likeness (QED) is 0.620. The van der Waals surface area contributed by atoms with Crippen molar-refractivity contribution in [2.45, 2.75) is 19.3 Å². The van der Waals surface area contributed by atoms with Crippen LogP contribution in [0.5, 0.6) is 0 Å². The van der Waals surface area contributed by atoms with Crippen LogP contribution in [-0.2, 0) is 11.2 Å². The normalized spacial score (nSPS) is 29.4. The van der Waals surface area contributed by atoms with E-state index in [9.17, 15) is 4.79 Å². The number of rotatable bonds is 3. The summed E-state index contributed by atoms with van der Waals surface area (Å²) in [6.07, 6.45) is 2.94. The Morgan fingerprint density at radius 3 is 3.25 bits per heavy atom. The monoisotopic (exact) mass is 218 g/mol. The van der Waals surface area contributed by atoms with Crippen LogP contribution >= 0.6 is 0 Å². The number of aromatic amines is 1. The van der Waals surface area contributed by atoms with Gasteiger partial charge in [0.15, 0.2) is 5.69 Å². The van der Waals surface area contributed by atoms with Gasteiger partial charge in [-0.1, -0.05) is 6.08 Å². The highest BCUT2D eigenvalue weighted by Gasteiger charge is 2.56. The van der Waals surface area contributed by atoms with Gasteiger partial charge in [0, 0.05) is 17.2 Å². The van der Waals surface area contributed by atoms with Crippen molar-refractivity contribution < 1.29 is 9.53 Å². The Bertz CT molecular complexity index is 464. The molecule has 4 heteroatoms. The number of H-pyrrole nitrogens is 1. The molecule has 4 nitrogen and oxygen atoms in total. The van der Waals surface area contributed by atoms with Crippen LogP contribution in [0.25, 0.3) is 0 Å². The number of aromatic nitrogens is 2. The molecule has 2 aliphatic carbocycles. The Balaban J connectivity index is 1.89. The fourth-order valence-electron chi connectivity index (χ4n) is 2.86. The van der Waals surface area contributed by atoms with Gasteiger partial charge in [-0.25, -0.2) is 4.79 Å². The number of hydrogen-bond acceptors (Lipinski definition) is 3. The van der Waals surface area contributed by atoms with Gasteiger partial charge in [0.2, 0.25) is 0 Å². The molecule has 3 atom stereocenters. The standard InChI is InChI=1S/C12H14N2O2/c1-3-6-7-5-8-10(9(6)7)13-14-11(8)12(15)16-4-2/h3,6-7,9H,1,4-5H2,2H3,(H,13,14)/t6?,7-,9-/m0/s1. The molecule has 1 fully saturated rings. The van der Waals surface area contributed by atoms with Crippen molar-refractivity contribution in [3.63, 3.8) is 0 Å². The van der Waals surface area contributed by atoms with Crippen molar-refractivity contribution >= 4 is 5.97 Å². The topological polar surface area (TPSA) is 55.0 Å². The lowest BCUT2D eigenvalue weighted by Crippen LogP contribution is -2.08. The molecule has 1 aromatic heterocycles. The van der Waals surface area contributed by atoms with Crippen LogP contribution < -0.4 is 0 Å². The van der Waals surface area contributed by atoms with Crippen LogP contribution in [0.3, 0.4) is 0 Å². The molecule has 0 aromatic carbocycles. The van der Waals surface area contributed by atoms with E-state index in [0.29, 0.717) is 30.1 Å². The van der Waals surface area contributed by atoms with E-state index in [0.717, 1.165) is 17.7 Å². The Morgan fingerprint density at radius 2 is 2.56 bits per heavy atom. The minimum Gasteiger partial charge on any atom is -0.461 e. The first-order valence-corrected chi connectivity index (χ1v) is 5.64. The predicted octanol–water partition coefficient (Wildman–Crippen LogP) is 1.66. The van der Waals surface area contributed by atoms with E-state index in [1.807, 2.05) is 6.08 Å². The van der Waals surface area contributed by atoms with Crippen LogP contribution in [0.2, 0.25) is 0 Å². The lowest BCUT2D eigenvalue weighted by molar-refractivity contribution is 0.0518. The number of ether oxygens (including phenoxy) is 1. The molecule has 0 aliphatic heterocycles. The Hall–Kier alpha value is -1.58. The van der Waals surface area contributed by atoms with Gasteiger partial charge in [-0.15, -0.1) is 6.58 Å². The molecular weight excluding hydrogens is 204 g/mol. The van der Waals surface area contributed by atoms with Gasteiger partial charge in [0.05, 0.1) is 6.61 Å². The molecule has 1 unspecified atom stereocenters. The third-order valence-corrected chi connectivity index (χ3v) is 3.64. The van der Waals surface area contributed by atoms with E-state index in [4.69, 9.17) is 4.74 Å². The molecule has 1 saturated carbocycles. The highest BCUT2D eigenvalue weighted by atomic mass is 16.5. The lowest BCUT2D eigenvalue weighted by Gasteiger charge is -2.01. The number of nitrogens with one attached hydrogen (secondary N) is 1. The van der Waals surface area contributed by atoms with E-state index < -0.39 is 0 Å². The van der Waals surface area contributed by atoms with Crippen molar-refractivity contribution in [2.75, 3.05) is 6.61 Å². The van der Waals surface area contributed by atoms with E-state index in [-0.39, 0.29) is 5.97 Å². The third kappa shape index (κ3) is 1.10. The second-order valence-corrected chi connectivity index (χ2v) is 4.39. The van der Waals surface area contributed by atoms with E-state index >= 15 is 0 Å². The molecule has 0 bridgehead atoms. The molecule has 0 radical (unpaired) electrons. The smallest absolute Gasteiger partial charge is 0.359 e. The first-order valence-electron chi connectivity index (χ1n) is 5.64. The number of nitrogens with zero attached hydrogens (tertiary/aromatic N) is 1. The average molecular weight is 218 g/mol. The Morgan fingerprint density at radius 1 is 1.75 bits per heavy atom. The summed E-state index contributed by atoms with van der Waals surface area (Å²) in [5, 5.41) is 7.05. The summed E-state index contributed by atoms with van der Waals surface area (Å²) < 4.78 is 4.97. The molecule has 1 heterocycles. The van der Waals surface area contributed by atoms with Gasteiger partial charge in [0.1, 0.15) is 0 Å². The van der Waals surface area contributed by atoms with Gasteiger partial charge >= 0.3 is 5.97 Å². The van der Waals surface area contributed by atoms with Crippen molar-refractivity contribution in [1.29, 1.82) is 0 Å². The van der Waals surface area contributed by atoms with Gasteiger partial charge in [-0.2, -0.15) is 5.10 Å². The third-order valence-electron chi connectivity index (χ3n) is 3.64. The summed E-state index contributed by atoms with van der Waals surface area (Å²) >= 11 is 0. The first-order chi connectivity index (χ1) is 7.77. The second-order valence-electron chi connectivity index (χ2n) is 4.39. The molecule has 3 rings (SSSR count). The van der Waals surface area contributed by atoms with E-state index in [1.54, 1.807) is 6.92 Å². The van der Waals surface area contributed by atoms with Crippen molar-refractivity contribution in [3.05, 3.63) is 29.6 Å². The summed E-state index contributed by atoms with van der Waals surface area (Å²) in [5.74, 6) is 1.41. The molecule has 1 N–H and O–H groups in total. The minimum atomic E-state index is -0.309. The minimum absolute atomic E-state index is 0.309. The summed E-state index contributed by atoms with van der Waals surface area (Å²) in [6.45, 7) is 6.02. The molecular formula is C12H14N2O2. The zero-order valence-electron chi connectivity index (χ0n) is 9.19. The molecule has 1 aromatic rings. The van der Waals surface area contributed by atoms with Crippen LogP contribution in [0, 0.1) is 11.8 Å². The number of carbonyl (C=O) groups excluding carboxylic acids is 1. The second kappa shape index (κ2) is 3.20. The number of allylic oxidation sites excluding steroid dienone is 1. The summed E-state index contributed by atoms with van der Waals surface area (Å²) in [7, 11) is 0. The van der Waals surface area contributed by atoms with Crippen LogP contribution in [0.15, 0.2) is 12.7 Å². The molecule has 0 amide bonds. The number of fused-ring (bicyclic) bond motifs is 3. The van der Waals surface area contributed by atoms with Gasteiger partial charge in [-0.05, 0) is 25.2 Å². The number of hydrogen-bond donors (Lipinski definition) is 1. The number of esters is 1. The molecule has 2 aliphatic rings. The van der Waals surface area contributed by atoms with Crippen LogP contribution in [0.4, 0.5) is 0 Å². The molecule has 16 heavy (non-hydrogen) atoms. The van der Waals surface area contributed by atoms with E-state index in [2.05, 4.69) is 16.8 Å².